The van der Waals surface area contributed by atoms with Crippen LogP contribution in [0.4, 0.5) is 26.3 Å². The second-order valence-electron chi connectivity index (χ2n) is 7.09. The van der Waals surface area contributed by atoms with E-state index in [1.165, 1.54) is 26.2 Å². The first kappa shape index (κ1) is 24.9. The number of Topliss-reactive ketones (excluding diaryl/α,β-unsaturated/α-hetero) is 1. The molecule has 1 heterocycles. The maximum atomic E-state index is 13.1. The van der Waals surface area contributed by atoms with Gasteiger partial charge in [-0.05, 0) is 55.5 Å². The van der Waals surface area contributed by atoms with Gasteiger partial charge in [-0.2, -0.15) is 26.3 Å². The van der Waals surface area contributed by atoms with Crippen LogP contribution in [0, 0.1) is 0 Å². The third-order valence-electron chi connectivity index (χ3n) is 4.66. The van der Waals surface area contributed by atoms with Gasteiger partial charge in [-0.15, -0.1) is 0 Å². The Morgan fingerprint density at radius 2 is 1.62 bits per heavy atom. The lowest BCUT2D eigenvalue weighted by atomic mass is 10.0. The van der Waals surface area contributed by atoms with Crippen LogP contribution in [-0.2, 0) is 23.8 Å². The fourth-order valence-corrected chi connectivity index (χ4v) is 2.98. The van der Waals surface area contributed by atoms with E-state index in [-0.39, 0.29) is 30.0 Å². The average molecular weight is 485 g/mol. The predicted molar refractivity (Wildman–Crippen MR) is 110 cm³/mol. The maximum Gasteiger partial charge on any atom is 0.416 e. The van der Waals surface area contributed by atoms with Crippen molar-refractivity contribution in [1.29, 1.82) is 0 Å². The first-order valence-corrected chi connectivity index (χ1v) is 9.61. The highest BCUT2D eigenvalue weighted by Crippen LogP contribution is 2.38. The Labute approximate surface area is 189 Å². The second-order valence-corrected chi connectivity index (χ2v) is 7.09. The zero-order valence-electron chi connectivity index (χ0n) is 17.8. The van der Waals surface area contributed by atoms with Gasteiger partial charge in [0.1, 0.15) is 30.1 Å². The molecule has 0 aliphatic rings. The van der Waals surface area contributed by atoms with Crippen molar-refractivity contribution in [1.82, 2.24) is 0 Å². The highest BCUT2D eigenvalue weighted by atomic mass is 19.4. The summed E-state index contributed by atoms with van der Waals surface area (Å²) in [5.74, 6) is 0.128. The number of carbonyl (C=O) groups is 1. The molecule has 0 bridgehead atoms. The van der Waals surface area contributed by atoms with Crippen LogP contribution in [0.1, 0.15) is 39.7 Å². The van der Waals surface area contributed by atoms with Gasteiger partial charge in [-0.25, -0.2) is 0 Å². The van der Waals surface area contributed by atoms with E-state index >= 15 is 0 Å². The SMILES string of the molecule is COc1ccc(C(C)=O)cc1CON=Cc1ccc(-c2cc(C(F)(F)F)cc(C(F)(F)F)c2)o1. The van der Waals surface area contributed by atoms with Crippen LogP contribution in [0.2, 0.25) is 0 Å². The van der Waals surface area contributed by atoms with Gasteiger partial charge in [-0.3, -0.25) is 4.79 Å². The van der Waals surface area contributed by atoms with Gasteiger partial charge in [0.05, 0.1) is 18.2 Å². The number of oxime groups is 1. The molecule has 0 spiro atoms. The molecule has 0 saturated carbocycles. The fraction of sp³-hybridized carbons (Fsp3) is 0.217. The minimum atomic E-state index is -4.97. The molecule has 0 aliphatic heterocycles. The van der Waals surface area contributed by atoms with E-state index in [1.54, 1.807) is 18.2 Å². The summed E-state index contributed by atoms with van der Waals surface area (Å²) in [6.45, 7) is 1.33. The Balaban J connectivity index is 1.78. The second kappa shape index (κ2) is 9.62. The number of ketones is 1. The molecular weight excluding hydrogens is 468 g/mol. The Morgan fingerprint density at radius 3 is 2.18 bits per heavy atom. The summed E-state index contributed by atoms with van der Waals surface area (Å²) in [6.07, 6.45) is -8.84. The average Bonchev–Trinajstić information content (AvgIpc) is 3.24. The smallest absolute Gasteiger partial charge is 0.416 e. The molecule has 0 fully saturated rings. The number of alkyl halides is 6. The summed E-state index contributed by atoms with van der Waals surface area (Å²) in [5, 5.41) is 3.69. The van der Waals surface area contributed by atoms with Crippen LogP contribution in [0.25, 0.3) is 11.3 Å². The third kappa shape index (κ3) is 5.97. The molecule has 2 aromatic carbocycles. The van der Waals surface area contributed by atoms with Crippen molar-refractivity contribution in [2.24, 2.45) is 5.16 Å². The summed E-state index contributed by atoms with van der Waals surface area (Å²) >= 11 is 0. The molecule has 3 aromatic rings. The summed E-state index contributed by atoms with van der Waals surface area (Å²) in [5.41, 5.74) is -2.31. The van der Waals surface area contributed by atoms with Crippen LogP contribution in [0.3, 0.4) is 0 Å². The summed E-state index contributed by atoms with van der Waals surface area (Å²) in [7, 11) is 1.44. The number of furan rings is 1. The molecular formula is C23H17F6NO4. The van der Waals surface area contributed by atoms with Gasteiger partial charge >= 0.3 is 12.4 Å². The first-order chi connectivity index (χ1) is 15.9. The van der Waals surface area contributed by atoms with E-state index in [0.717, 1.165) is 6.21 Å². The van der Waals surface area contributed by atoms with Gasteiger partial charge in [-0.1, -0.05) is 5.16 Å². The minimum absolute atomic E-state index is 0.0328. The van der Waals surface area contributed by atoms with Crippen molar-refractivity contribution in [3.63, 3.8) is 0 Å². The van der Waals surface area contributed by atoms with E-state index in [1.807, 2.05) is 0 Å². The Kier molecular flexibility index (Phi) is 7.04. The van der Waals surface area contributed by atoms with Crippen molar-refractivity contribution in [2.45, 2.75) is 25.9 Å². The number of rotatable bonds is 7. The minimum Gasteiger partial charge on any atom is -0.496 e. The Bertz CT molecular complexity index is 1180. The molecule has 0 atom stereocenters. The standard InChI is InChI=1S/C23H17F6NO4/c1-13(31)14-3-5-20(32-2)16(7-14)12-33-30-11-19-4-6-21(34-19)15-8-17(22(24,25)26)10-18(9-15)23(27,28)29/h3-11H,12H2,1-2H3. The zero-order chi connectivity index (χ0) is 25.1. The summed E-state index contributed by atoms with van der Waals surface area (Å²) in [4.78, 5) is 16.7. The zero-order valence-corrected chi connectivity index (χ0v) is 17.8. The van der Waals surface area contributed by atoms with E-state index in [4.69, 9.17) is 14.0 Å². The van der Waals surface area contributed by atoms with Crippen molar-refractivity contribution >= 4 is 12.0 Å². The number of carbonyl (C=O) groups excluding carboxylic acids is 1. The molecule has 5 nitrogen and oxygen atoms in total. The third-order valence-corrected chi connectivity index (χ3v) is 4.66. The molecule has 0 aliphatic carbocycles. The number of methoxy groups -OCH3 is 1. The lowest BCUT2D eigenvalue weighted by molar-refractivity contribution is -0.143. The normalized spacial score (nSPS) is 12.2. The fourth-order valence-electron chi connectivity index (χ4n) is 2.98. The van der Waals surface area contributed by atoms with E-state index < -0.39 is 29.0 Å². The van der Waals surface area contributed by atoms with Crippen molar-refractivity contribution in [2.75, 3.05) is 7.11 Å². The van der Waals surface area contributed by atoms with Gasteiger partial charge in [0.25, 0.3) is 0 Å². The molecule has 0 unspecified atom stereocenters. The molecule has 34 heavy (non-hydrogen) atoms. The van der Waals surface area contributed by atoms with Crippen LogP contribution >= 0.6 is 0 Å². The molecule has 11 heteroatoms. The topological polar surface area (TPSA) is 61.0 Å². The van der Waals surface area contributed by atoms with Crippen molar-refractivity contribution < 1.29 is 45.1 Å². The van der Waals surface area contributed by atoms with E-state index in [9.17, 15) is 31.1 Å². The van der Waals surface area contributed by atoms with Gasteiger partial charge in [0, 0.05) is 16.7 Å². The van der Waals surface area contributed by atoms with Crippen molar-refractivity contribution in [3.8, 4) is 17.1 Å². The number of benzene rings is 2. The lowest BCUT2D eigenvalue weighted by Crippen LogP contribution is -2.11. The molecule has 180 valence electrons. The molecule has 0 saturated heterocycles. The molecule has 0 N–H and O–H groups in total. The first-order valence-electron chi connectivity index (χ1n) is 9.61. The summed E-state index contributed by atoms with van der Waals surface area (Å²) in [6, 6.07) is 8.48. The number of hydrogen-bond acceptors (Lipinski definition) is 5. The molecule has 0 radical (unpaired) electrons. The lowest BCUT2D eigenvalue weighted by Gasteiger charge is -2.13. The quantitative estimate of drug-likeness (QED) is 0.161. The van der Waals surface area contributed by atoms with Crippen molar-refractivity contribution in [3.05, 3.63) is 76.5 Å². The highest BCUT2D eigenvalue weighted by Gasteiger charge is 2.37. The van der Waals surface area contributed by atoms with Gasteiger partial charge < -0.3 is 14.0 Å². The highest BCUT2D eigenvalue weighted by molar-refractivity contribution is 5.94. The van der Waals surface area contributed by atoms with Crippen LogP contribution in [-0.4, -0.2) is 19.1 Å². The number of hydrogen-bond donors (Lipinski definition) is 0. The van der Waals surface area contributed by atoms with Crippen LogP contribution < -0.4 is 4.74 Å². The Morgan fingerprint density at radius 1 is 0.971 bits per heavy atom. The maximum absolute atomic E-state index is 13.1. The van der Waals surface area contributed by atoms with E-state index in [0.29, 0.717) is 29.0 Å². The van der Waals surface area contributed by atoms with Gasteiger partial charge in [0.2, 0.25) is 0 Å². The number of nitrogens with zero attached hydrogens (tertiary/aromatic N) is 1. The number of ether oxygens (including phenoxy) is 1. The molecule has 1 aromatic heterocycles. The van der Waals surface area contributed by atoms with Crippen LogP contribution in [0.15, 0.2) is 58.1 Å². The molecule has 0 amide bonds. The largest absolute Gasteiger partial charge is 0.496 e. The van der Waals surface area contributed by atoms with Gasteiger partial charge in [0.15, 0.2) is 5.78 Å². The predicted octanol–water partition coefficient (Wildman–Crippen LogP) is 6.75. The molecule has 3 rings (SSSR count). The monoisotopic (exact) mass is 485 g/mol. The van der Waals surface area contributed by atoms with Crippen LogP contribution in [0.5, 0.6) is 5.75 Å². The number of halogens is 6. The Hall–Kier alpha value is -3.76. The summed E-state index contributed by atoms with van der Waals surface area (Å²) < 4.78 is 88.9. The van der Waals surface area contributed by atoms with E-state index in [2.05, 4.69) is 5.16 Å².